The largest absolute Gasteiger partial charge is 0.293 e. The highest BCUT2D eigenvalue weighted by atomic mass is 15.2. The Bertz CT molecular complexity index is 3180. The quantitative estimate of drug-likeness (QED) is 0.155. The minimum Gasteiger partial charge on any atom is -0.293 e. The zero-order valence-electron chi connectivity index (χ0n) is 31.6. The van der Waals surface area contributed by atoms with Crippen LogP contribution in [0.15, 0.2) is 194 Å². The van der Waals surface area contributed by atoms with Crippen LogP contribution < -0.4 is 0 Å². The molecule has 0 spiro atoms. The molecule has 4 aromatic heterocycles. The molecule has 0 saturated carbocycles. The van der Waals surface area contributed by atoms with Gasteiger partial charge in [0.15, 0.2) is 5.82 Å². The molecule has 7 aromatic carbocycles. The molecule has 0 radical (unpaired) electrons. The summed E-state index contributed by atoms with van der Waals surface area (Å²) in [7, 11) is 0. The van der Waals surface area contributed by atoms with E-state index in [0.717, 1.165) is 55.8 Å². The van der Waals surface area contributed by atoms with E-state index in [9.17, 15) is 0 Å². The summed E-state index contributed by atoms with van der Waals surface area (Å²) in [5.74, 6) is 1.99. The molecule has 0 aliphatic heterocycles. The van der Waals surface area contributed by atoms with Crippen molar-refractivity contribution in [3.63, 3.8) is 0 Å². The number of para-hydroxylation sites is 4. The van der Waals surface area contributed by atoms with E-state index in [1.807, 2.05) is 30.5 Å². The smallest absolute Gasteiger partial charge is 0.238 e. The molecule has 0 N–H and O–H groups in total. The second-order valence-electron chi connectivity index (χ2n) is 14.6. The summed E-state index contributed by atoms with van der Waals surface area (Å²) in [6.45, 7) is 0. The molecule has 0 unspecified atom stereocenters. The van der Waals surface area contributed by atoms with Gasteiger partial charge in [0.05, 0.1) is 22.2 Å². The van der Waals surface area contributed by atoms with E-state index in [2.05, 4.69) is 173 Å². The first-order valence-electron chi connectivity index (χ1n) is 19.7. The zero-order chi connectivity index (χ0) is 38.4. The molecule has 0 saturated heterocycles. The third-order valence-electron chi connectivity index (χ3n) is 11.2. The van der Waals surface area contributed by atoms with E-state index >= 15 is 0 Å². The first kappa shape index (κ1) is 33.6. The number of hydrogen-bond acceptors (Lipinski definition) is 4. The maximum Gasteiger partial charge on any atom is 0.238 e. The Hall–Kier alpha value is -7.70. The van der Waals surface area contributed by atoms with Gasteiger partial charge in [-0.25, -0.2) is 9.97 Å². The number of hydrogen-bond donors (Lipinski definition) is 0. The van der Waals surface area contributed by atoms with Crippen molar-refractivity contribution in [1.82, 2.24) is 29.1 Å². The standard InChI is InChI=1S/C52H36N6/c1-3-16-35(17-4-1)38-21-13-22-39(34-38)40-26-14-20-36(49(40)58-47-30-12-9-25-43(47)44-27-15-33-53-51(44)58)31-32-48-54-50(37-18-5-2-6-19-37)56-52(55-48)57-45-28-10-7-23-41(45)42-24-8-11-29-46(42)57/h1-30,33-34H,31-32H2. The first-order chi connectivity index (χ1) is 28.8. The summed E-state index contributed by atoms with van der Waals surface area (Å²) in [4.78, 5) is 20.6. The second-order valence-corrected chi connectivity index (χ2v) is 14.6. The average Bonchev–Trinajstić information content (AvgIpc) is 3.82. The van der Waals surface area contributed by atoms with Crippen LogP contribution in [0.2, 0.25) is 0 Å². The van der Waals surface area contributed by atoms with Crippen LogP contribution in [-0.2, 0) is 12.8 Å². The predicted molar refractivity (Wildman–Crippen MR) is 236 cm³/mol. The van der Waals surface area contributed by atoms with E-state index in [-0.39, 0.29) is 0 Å². The van der Waals surface area contributed by atoms with Crippen molar-refractivity contribution in [2.75, 3.05) is 0 Å². The average molecular weight is 745 g/mol. The van der Waals surface area contributed by atoms with Crippen LogP contribution in [0.5, 0.6) is 0 Å². The lowest BCUT2D eigenvalue weighted by Gasteiger charge is -2.19. The van der Waals surface area contributed by atoms with E-state index < -0.39 is 0 Å². The second kappa shape index (κ2) is 14.1. The first-order valence-corrected chi connectivity index (χ1v) is 19.7. The highest BCUT2D eigenvalue weighted by molar-refractivity contribution is 6.09. The fourth-order valence-corrected chi connectivity index (χ4v) is 8.53. The fourth-order valence-electron chi connectivity index (χ4n) is 8.53. The summed E-state index contributed by atoms with van der Waals surface area (Å²) in [5.41, 5.74) is 12.0. The van der Waals surface area contributed by atoms with Gasteiger partial charge in [0.25, 0.3) is 0 Å². The van der Waals surface area contributed by atoms with E-state index in [1.54, 1.807) is 0 Å². The molecule has 0 amide bonds. The van der Waals surface area contributed by atoms with Crippen LogP contribution in [-0.4, -0.2) is 29.1 Å². The fraction of sp³-hybridized carbons (Fsp3) is 0.0385. The SMILES string of the molecule is c1ccc(-c2cccc(-c3cccc(CCc4nc(-c5ccccc5)nc(-n5c6ccccc6c6ccccc65)n4)c3-n3c4ccccc4c4cccnc43)c2)cc1. The summed E-state index contributed by atoms with van der Waals surface area (Å²) in [6, 6.07) is 66.1. The summed E-state index contributed by atoms with van der Waals surface area (Å²) < 4.78 is 4.54. The van der Waals surface area contributed by atoms with Crippen LogP contribution >= 0.6 is 0 Å². The Morgan fingerprint density at radius 1 is 0.397 bits per heavy atom. The van der Waals surface area contributed by atoms with Crippen LogP contribution in [0.1, 0.15) is 11.4 Å². The highest BCUT2D eigenvalue weighted by Gasteiger charge is 2.21. The van der Waals surface area contributed by atoms with Crippen LogP contribution in [0, 0.1) is 0 Å². The van der Waals surface area contributed by atoms with Crippen molar-refractivity contribution >= 4 is 43.7 Å². The lowest BCUT2D eigenvalue weighted by Crippen LogP contribution is -2.10. The number of aromatic nitrogens is 6. The monoisotopic (exact) mass is 744 g/mol. The van der Waals surface area contributed by atoms with Gasteiger partial charge in [-0.15, -0.1) is 0 Å². The Balaban J connectivity index is 1.10. The van der Waals surface area contributed by atoms with E-state index in [0.29, 0.717) is 24.6 Å². The topological polar surface area (TPSA) is 61.4 Å². The molecule has 6 heteroatoms. The number of fused-ring (bicyclic) bond motifs is 6. The molecule has 0 atom stereocenters. The molecule has 0 aliphatic carbocycles. The third kappa shape index (κ3) is 5.73. The lowest BCUT2D eigenvalue weighted by atomic mass is 9.94. The summed E-state index contributed by atoms with van der Waals surface area (Å²) in [5, 5.41) is 4.63. The maximum atomic E-state index is 5.26. The minimum absolute atomic E-state index is 0.595. The summed E-state index contributed by atoms with van der Waals surface area (Å²) >= 11 is 0. The van der Waals surface area contributed by atoms with E-state index in [1.165, 1.54) is 32.8 Å². The molecule has 0 aliphatic rings. The molecule has 6 nitrogen and oxygen atoms in total. The van der Waals surface area contributed by atoms with Crippen LogP contribution in [0.4, 0.5) is 0 Å². The predicted octanol–water partition coefficient (Wildman–Crippen LogP) is 12.2. The van der Waals surface area contributed by atoms with Gasteiger partial charge in [-0.1, -0.05) is 152 Å². The molecular formula is C52H36N6. The Morgan fingerprint density at radius 3 is 1.69 bits per heavy atom. The Labute approximate surface area is 335 Å². The molecule has 0 fully saturated rings. The van der Waals surface area contributed by atoms with Gasteiger partial charge in [-0.05, 0) is 65.1 Å². The van der Waals surface area contributed by atoms with Gasteiger partial charge in [-0.3, -0.25) is 9.13 Å². The molecule has 4 heterocycles. The van der Waals surface area contributed by atoms with Gasteiger partial charge >= 0.3 is 0 Å². The number of rotatable bonds is 8. The van der Waals surface area contributed by atoms with Crippen molar-refractivity contribution < 1.29 is 0 Å². The zero-order valence-corrected chi connectivity index (χ0v) is 31.6. The van der Waals surface area contributed by atoms with Crippen molar-refractivity contribution in [3.8, 4) is 45.3 Å². The maximum absolute atomic E-state index is 5.26. The van der Waals surface area contributed by atoms with Crippen molar-refractivity contribution in [2.45, 2.75) is 12.8 Å². The lowest BCUT2D eigenvalue weighted by molar-refractivity contribution is 0.814. The van der Waals surface area contributed by atoms with Gasteiger partial charge in [0, 0.05) is 45.3 Å². The van der Waals surface area contributed by atoms with Gasteiger partial charge < -0.3 is 0 Å². The number of pyridine rings is 1. The molecule has 11 aromatic rings. The van der Waals surface area contributed by atoms with Gasteiger partial charge in [0.1, 0.15) is 11.5 Å². The normalized spacial score (nSPS) is 11.6. The van der Waals surface area contributed by atoms with Crippen molar-refractivity contribution in [2.24, 2.45) is 0 Å². The number of aryl methyl sites for hydroxylation is 2. The molecule has 0 bridgehead atoms. The Morgan fingerprint density at radius 2 is 0.966 bits per heavy atom. The minimum atomic E-state index is 0.595. The van der Waals surface area contributed by atoms with E-state index in [4.69, 9.17) is 19.9 Å². The molecule has 58 heavy (non-hydrogen) atoms. The van der Waals surface area contributed by atoms with Crippen LogP contribution in [0.25, 0.3) is 89.0 Å². The molecular weight excluding hydrogens is 709 g/mol. The third-order valence-corrected chi connectivity index (χ3v) is 11.2. The van der Waals surface area contributed by atoms with Crippen LogP contribution in [0.3, 0.4) is 0 Å². The van der Waals surface area contributed by atoms with Gasteiger partial charge in [0.2, 0.25) is 5.95 Å². The summed E-state index contributed by atoms with van der Waals surface area (Å²) in [6.07, 6.45) is 3.17. The molecule has 274 valence electrons. The molecule has 11 rings (SSSR count). The van der Waals surface area contributed by atoms with Gasteiger partial charge in [-0.2, -0.15) is 9.97 Å². The highest BCUT2D eigenvalue weighted by Crippen LogP contribution is 2.39. The van der Waals surface area contributed by atoms with Crippen molar-refractivity contribution in [3.05, 3.63) is 206 Å². The van der Waals surface area contributed by atoms with Crippen molar-refractivity contribution in [1.29, 1.82) is 0 Å². The number of benzene rings is 7. The number of nitrogens with zero attached hydrogens (tertiary/aromatic N) is 6. The Kier molecular flexibility index (Phi) is 8.18.